The second-order valence-electron chi connectivity index (χ2n) is 6.48. The number of rotatable bonds is 5. The Hall–Kier alpha value is -2.56. The first-order chi connectivity index (χ1) is 11.3. The van der Waals surface area contributed by atoms with Gasteiger partial charge in [-0.05, 0) is 49.4 Å². The molecule has 0 fully saturated rings. The van der Waals surface area contributed by atoms with E-state index < -0.39 is 5.91 Å². The molecule has 2 N–H and O–H groups in total. The first kappa shape index (κ1) is 17.8. The second-order valence-corrected chi connectivity index (χ2v) is 6.48. The van der Waals surface area contributed by atoms with Crippen LogP contribution in [-0.4, -0.2) is 15.6 Å². The molecule has 0 bridgehead atoms. The fourth-order valence-corrected chi connectivity index (χ4v) is 2.51. The molecule has 5 nitrogen and oxygen atoms in total. The molecule has 0 saturated heterocycles. The number of nitrogens with one attached hydrogen (secondary N) is 1. The Balaban J connectivity index is 2.35. The van der Waals surface area contributed by atoms with Gasteiger partial charge in [0.25, 0.3) is 11.5 Å². The van der Waals surface area contributed by atoms with Gasteiger partial charge in [0.2, 0.25) is 0 Å². The smallest absolute Gasteiger partial charge is 0.263 e. The number of para-hydroxylation sites is 1. The Morgan fingerprint density at radius 2 is 1.92 bits per heavy atom. The van der Waals surface area contributed by atoms with Gasteiger partial charge in [0, 0.05) is 12.7 Å². The van der Waals surface area contributed by atoms with Crippen LogP contribution in [0.4, 0.5) is 5.69 Å². The molecule has 0 spiro atoms. The lowest BCUT2D eigenvalue weighted by Crippen LogP contribution is -2.30. The lowest BCUT2D eigenvalue weighted by Gasteiger charge is -2.13. The summed E-state index contributed by atoms with van der Waals surface area (Å²) in [6, 6.07) is 6.76. The minimum Gasteiger partial charge on any atom is -0.506 e. The van der Waals surface area contributed by atoms with Crippen molar-refractivity contribution >= 4 is 11.6 Å². The highest BCUT2D eigenvalue weighted by Crippen LogP contribution is 2.26. The summed E-state index contributed by atoms with van der Waals surface area (Å²) in [5, 5.41) is 12.6. The molecular formula is C19H24N2O3. The van der Waals surface area contributed by atoms with Crippen molar-refractivity contribution in [3.63, 3.8) is 0 Å². The molecule has 0 aliphatic heterocycles. The summed E-state index contributed by atoms with van der Waals surface area (Å²) in [5.41, 5.74) is 1.49. The van der Waals surface area contributed by atoms with E-state index in [1.807, 2.05) is 0 Å². The number of aromatic nitrogens is 1. The van der Waals surface area contributed by atoms with Crippen LogP contribution < -0.4 is 10.9 Å². The number of hydrogen-bond acceptors (Lipinski definition) is 3. The monoisotopic (exact) mass is 328 g/mol. The molecule has 128 valence electrons. The predicted octanol–water partition coefficient (Wildman–Crippen LogP) is 3.47. The van der Waals surface area contributed by atoms with Gasteiger partial charge in [-0.25, -0.2) is 0 Å². The molecule has 1 heterocycles. The third kappa shape index (κ3) is 3.85. The number of pyridine rings is 1. The van der Waals surface area contributed by atoms with Crippen LogP contribution in [0.15, 0.2) is 35.3 Å². The first-order valence-corrected chi connectivity index (χ1v) is 8.11. The van der Waals surface area contributed by atoms with Crippen molar-refractivity contribution in [3.05, 3.63) is 57.5 Å². The number of phenolic OH excluding ortho intramolecular Hbond substituents is 1. The summed E-state index contributed by atoms with van der Waals surface area (Å²) >= 11 is 0. The van der Waals surface area contributed by atoms with Gasteiger partial charge in [0.05, 0.1) is 5.69 Å². The van der Waals surface area contributed by atoms with Gasteiger partial charge in [-0.15, -0.1) is 0 Å². The molecule has 1 aromatic heterocycles. The first-order valence-electron chi connectivity index (χ1n) is 8.11. The van der Waals surface area contributed by atoms with Crippen LogP contribution in [0.5, 0.6) is 5.75 Å². The second kappa shape index (κ2) is 7.34. The lowest BCUT2D eigenvalue weighted by molar-refractivity contribution is 0.102. The van der Waals surface area contributed by atoms with Crippen LogP contribution >= 0.6 is 0 Å². The van der Waals surface area contributed by atoms with E-state index in [0.717, 1.165) is 12.0 Å². The molecule has 2 rings (SSSR count). The van der Waals surface area contributed by atoms with Crippen molar-refractivity contribution in [3.8, 4) is 5.75 Å². The van der Waals surface area contributed by atoms with Crippen molar-refractivity contribution in [1.82, 2.24) is 4.57 Å². The molecule has 24 heavy (non-hydrogen) atoms. The van der Waals surface area contributed by atoms with Crippen molar-refractivity contribution < 1.29 is 9.90 Å². The number of benzene rings is 1. The molecular weight excluding hydrogens is 304 g/mol. The van der Waals surface area contributed by atoms with E-state index in [-0.39, 0.29) is 16.9 Å². The Morgan fingerprint density at radius 3 is 2.54 bits per heavy atom. The van der Waals surface area contributed by atoms with Crippen molar-refractivity contribution in [2.45, 2.75) is 40.7 Å². The van der Waals surface area contributed by atoms with Gasteiger partial charge in [-0.1, -0.05) is 26.0 Å². The maximum Gasteiger partial charge on any atom is 0.263 e. The Bertz CT molecular complexity index is 786. The number of hydrogen-bond donors (Lipinski definition) is 2. The number of aromatic hydroxyl groups is 1. The van der Waals surface area contributed by atoms with Crippen LogP contribution in [0.3, 0.4) is 0 Å². The Kier molecular flexibility index (Phi) is 5.44. The fourth-order valence-electron chi connectivity index (χ4n) is 2.51. The van der Waals surface area contributed by atoms with Gasteiger partial charge < -0.3 is 15.0 Å². The van der Waals surface area contributed by atoms with Gasteiger partial charge in [0.1, 0.15) is 11.3 Å². The van der Waals surface area contributed by atoms with E-state index in [1.54, 1.807) is 42.8 Å². The lowest BCUT2D eigenvalue weighted by atomic mass is 10.1. The van der Waals surface area contributed by atoms with Crippen molar-refractivity contribution in [1.29, 1.82) is 0 Å². The van der Waals surface area contributed by atoms with E-state index in [0.29, 0.717) is 23.7 Å². The molecule has 1 aromatic carbocycles. The third-order valence-corrected chi connectivity index (χ3v) is 4.04. The third-order valence-electron chi connectivity index (χ3n) is 4.04. The summed E-state index contributed by atoms with van der Waals surface area (Å²) in [6.45, 7) is 8.28. The highest BCUT2D eigenvalue weighted by Gasteiger charge is 2.18. The van der Waals surface area contributed by atoms with Crippen LogP contribution in [-0.2, 0) is 6.54 Å². The average molecular weight is 328 g/mol. The highest BCUT2D eigenvalue weighted by atomic mass is 16.3. The zero-order valence-electron chi connectivity index (χ0n) is 14.6. The maximum atomic E-state index is 12.6. The molecule has 0 atom stereocenters. The van der Waals surface area contributed by atoms with Crippen molar-refractivity contribution in [2.24, 2.45) is 5.92 Å². The number of carbonyl (C=O) groups excluding carboxylic acids is 1. The maximum absolute atomic E-state index is 12.6. The molecule has 1 amide bonds. The number of nitrogens with zero attached hydrogens (tertiary/aromatic N) is 1. The molecule has 0 aliphatic carbocycles. The summed E-state index contributed by atoms with van der Waals surface area (Å²) in [7, 11) is 0. The van der Waals surface area contributed by atoms with E-state index in [1.165, 1.54) is 6.07 Å². The highest BCUT2D eigenvalue weighted by molar-refractivity contribution is 6.06. The summed E-state index contributed by atoms with van der Waals surface area (Å²) in [6.07, 6.45) is 2.59. The topological polar surface area (TPSA) is 71.3 Å². The minimum absolute atomic E-state index is 0.0166. The predicted molar refractivity (Wildman–Crippen MR) is 95.7 cm³/mol. The Labute approximate surface area is 142 Å². The van der Waals surface area contributed by atoms with Gasteiger partial charge in [-0.2, -0.15) is 0 Å². The van der Waals surface area contributed by atoms with E-state index in [2.05, 4.69) is 19.2 Å². The normalized spacial score (nSPS) is 10.9. The number of aryl methyl sites for hydroxylation is 3. The number of amides is 1. The van der Waals surface area contributed by atoms with Gasteiger partial charge in [-0.3, -0.25) is 9.59 Å². The number of phenols is 1. The van der Waals surface area contributed by atoms with Crippen LogP contribution in [0.1, 0.15) is 41.8 Å². The molecule has 0 aliphatic rings. The zero-order valence-corrected chi connectivity index (χ0v) is 14.6. The van der Waals surface area contributed by atoms with Crippen molar-refractivity contribution in [2.75, 3.05) is 5.32 Å². The average Bonchev–Trinajstić information content (AvgIpc) is 2.50. The fraction of sp³-hybridized carbons (Fsp3) is 0.368. The molecule has 0 saturated carbocycles. The Morgan fingerprint density at radius 1 is 1.21 bits per heavy atom. The van der Waals surface area contributed by atoms with Crippen LogP contribution in [0.2, 0.25) is 0 Å². The molecule has 0 radical (unpaired) electrons. The van der Waals surface area contributed by atoms with Crippen LogP contribution in [0, 0.1) is 19.8 Å². The molecule has 5 heteroatoms. The van der Waals surface area contributed by atoms with Gasteiger partial charge >= 0.3 is 0 Å². The zero-order chi connectivity index (χ0) is 17.9. The number of carbonyl (C=O) groups is 1. The van der Waals surface area contributed by atoms with E-state index in [9.17, 15) is 14.7 Å². The van der Waals surface area contributed by atoms with E-state index >= 15 is 0 Å². The minimum atomic E-state index is -0.499. The summed E-state index contributed by atoms with van der Waals surface area (Å²) < 4.78 is 1.57. The largest absolute Gasteiger partial charge is 0.506 e. The van der Waals surface area contributed by atoms with Gasteiger partial charge in [0.15, 0.2) is 0 Å². The SMILES string of the molecule is Cc1cccc(O)c1NC(=O)c1c(C)ccn(CCC(C)C)c1=O. The number of anilines is 1. The van der Waals surface area contributed by atoms with E-state index in [4.69, 9.17) is 0 Å². The summed E-state index contributed by atoms with van der Waals surface area (Å²) in [5.74, 6) is -0.0440. The standard InChI is InChI=1S/C19H24N2O3/c1-12(2)8-10-21-11-9-13(3)16(19(21)24)18(23)20-17-14(4)6-5-7-15(17)22/h5-7,9,11-12,22H,8,10H2,1-4H3,(H,20,23). The molecule has 0 unspecified atom stereocenters. The quantitative estimate of drug-likeness (QED) is 0.826. The molecule has 2 aromatic rings. The summed E-state index contributed by atoms with van der Waals surface area (Å²) in [4.78, 5) is 25.3. The van der Waals surface area contributed by atoms with Crippen LogP contribution in [0.25, 0.3) is 0 Å².